The van der Waals surface area contributed by atoms with Gasteiger partial charge in [-0.1, -0.05) is 0 Å². The molecule has 0 unspecified atom stereocenters. The predicted octanol–water partition coefficient (Wildman–Crippen LogP) is 3.79. The molecule has 1 saturated heterocycles. The van der Waals surface area contributed by atoms with Gasteiger partial charge in [0.2, 0.25) is 5.95 Å². The molecule has 1 fully saturated rings. The van der Waals surface area contributed by atoms with Crippen LogP contribution in [0, 0.1) is 5.82 Å². The van der Waals surface area contributed by atoms with E-state index in [-0.39, 0.29) is 34.6 Å². The van der Waals surface area contributed by atoms with E-state index in [1.165, 1.54) is 19.2 Å². The molecule has 0 saturated carbocycles. The zero-order chi connectivity index (χ0) is 20.5. The fraction of sp³-hybridized carbons (Fsp3) is 0.500. The molecule has 0 spiro atoms. The van der Waals surface area contributed by atoms with Crippen molar-refractivity contribution in [2.24, 2.45) is 0 Å². The second-order valence-corrected chi connectivity index (χ2v) is 8.58. The lowest BCUT2D eigenvalue weighted by Crippen LogP contribution is -2.60. The Kier molecular flexibility index (Phi) is 5.34. The van der Waals surface area contributed by atoms with Gasteiger partial charge in [0.15, 0.2) is 11.6 Å². The topological polar surface area (TPSA) is 91.3 Å². The Morgan fingerprint density at radius 1 is 1.18 bits per heavy atom. The third kappa shape index (κ3) is 5.01. The minimum absolute atomic E-state index is 0.0430. The normalized spacial score (nSPS) is 18.5. The highest BCUT2D eigenvalue weighted by Gasteiger charge is 2.38. The van der Waals surface area contributed by atoms with Crippen LogP contribution in [-0.2, 0) is 0 Å². The highest BCUT2D eigenvalue weighted by Crippen LogP contribution is 2.31. The van der Waals surface area contributed by atoms with Gasteiger partial charge in [0.1, 0.15) is 11.5 Å². The molecule has 28 heavy (non-hydrogen) atoms. The van der Waals surface area contributed by atoms with Gasteiger partial charge in [0.25, 0.3) is 0 Å². The molecule has 4 N–H and O–H groups in total. The maximum Gasteiger partial charge on any atom is 0.229 e. The lowest BCUT2D eigenvalue weighted by atomic mass is 9.79. The highest BCUT2D eigenvalue weighted by molar-refractivity contribution is 5.60. The summed E-state index contributed by atoms with van der Waals surface area (Å²) in [6.07, 6.45) is 2.81. The number of nitrogens with zero attached hydrogens (tertiary/aromatic N) is 2. The third-order valence-corrected chi connectivity index (χ3v) is 4.66. The van der Waals surface area contributed by atoms with Crippen LogP contribution in [0.1, 0.15) is 40.5 Å². The number of aromatic nitrogens is 2. The first-order valence-corrected chi connectivity index (χ1v) is 9.29. The number of hydrogen-bond acceptors (Lipinski definition) is 7. The summed E-state index contributed by atoms with van der Waals surface area (Å²) < 4.78 is 19.5. The molecule has 2 heterocycles. The molecule has 1 aromatic heterocycles. The van der Waals surface area contributed by atoms with E-state index in [1.54, 1.807) is 6.07 Å². The van der Waals surface area contributed by atoms with Gasteiger partial charge in [0.05, 0.1) is 13.3 Å². The summed E-state index contributed by atoms with van der Waals surface area (Å²) in [6.45, 7) is 8.56. The van der Waals surface area contributed by atoms with Crippen LogP contribution in [0.3, 0.4) is 0 Å². The number of anilines is 3. The quantitative estimate of drug-likeness (QED) is 0.618. The minimum Gasteiger partial charge on any atom is -0.508 e. The molecule has 152 valence electrons. The molecule has 0 amide bonds. The molecule has 0 aliphatic carbocycles. The summed E-state index contributed by atoms with van der Waals surface area (Å²) in [5.74, 6) is 0.406. The van der Waals surface area contributed by atoms with Crippen molar-refractivity contribution in [2.45, 2.75) is 57.7 Å². The number of hydrogen-bond donors (Lipinski definition) is 4. The van der Waals surface area contributed by atoms with E-state index in [0.717, 1.165) is 19.0 Å². The first-order chi connectivity index (χ1) is 13.0. The molecule has 1 aliphatic rings. The summed E-state index contributed by atoms with van der Waals surface area (Å²) in [6, 6.07) is 4.77. The average molecular weight is 389 g/mol. The van der Waals surface area contributed by atoms with E-state index in [1.807, 2.05) is 0 Å². The molecule has 1 aliphatic heterocycles. The summed E-state index contributed by atoms with van der Waals surface area (Å²) in [5.41, 5.74) is 0.406. The number of benzene rings is 1. The first-order valence-electron chi connectivity index (χ1n) is 9.29. The van der Waals surface area contributed by atoms with Crippen LogP contribution in [0.15, 0.2) is 24.4 Å². The Balaban J connectivity index is 1.79. The van der Waals surface area contributed by atoms with Crippen molar-refractivity contribution in [3.05, 3.63) is 30.2 Å². The van der Waals surface area contributed by atoms with Crippen molar-refractivity contribution in [1.82, 2.24) is 15.3 Å². The molecule has 3 rings (SSSR count). The van der Waals surface area contributed by atoms with Gasteiger partial charge < -0.3 is 25.8 Å². The largest absolute Gasteiger partial charge is 0.508 e. The number of phenols is 1. The predicted molar refractivity (Wildman–Crippen MR) is 108 cm³/mol. The fourth-order valence-electron chi connectivity index (χ4n) is 4.05. The van der Waals surface area contributed by atoms with Crippen LogP contribution in [0.2, 0.25) is 0 Å². The Hall–Kier alpha value is -2.61. The van der Waals surface area contributed by atoms with Crippen LogP contribution < -0.4 is 20.7 Å². The number of piperidine rings is 1. The van der Waals surface area contributed by atoms with E-state index in [0.29, 0.717) is 11.4 Å². The zero-order valence-corrected chi connectivity index (χ0v) is 16.9. The average Bonchev–Trinajstić information content (AvgIpc) is 2.54. The Morgan fingerprint density at radius 3 is 2.50 bits per heavy atom. The SMILES string of the molecule is COc1cc(O)cc(Nc2ncc(F)c(NC3CC(C)(C)NC(C)(C)C3)n2)c1. The Bertz CT molecular complexity index is 840. The van der Waals surface area contributed by atoms with E-state index >= 15 is 0 Å². The number of rotatable bonds is 5. The van der Waals surface area contributed by atoms with Gasteiger partial charge in [-0.25, -0.2) is 9.37 Å². The molecule has 7 nitrogen and oxygen atoms in total. The maximum absolute atomic E-state index is 14.3. The van der Waals surface area contributed by atoms with E-state index in [9.17, 15) is 9.50 Å². The third-order valence-electron chi connectivity index (χ3n) is 4.66. The van der Waals surface area contributed by atoms with Crippen LogP contribution >= 0.6 is 0 Å². The number of methoxy groups -OCH3 is 1. The van der Waals surface area contributed by atoms with Crippen molar-refractivity contribution in [1.29, 1.82) is 0 Å². The molecule has 0 bridgehead atoms. The van der Waals surface area contributed by atoms with Gasteiger partial charge >= 0.3 is 0 Å². The molecular formula is C20H28FN5O2. The highest BCUT2D eigenvalue weighted by atomic mass is 19.1. The Labute approximate surface area is 164 Å². The van der Waals surface area contributed by atoms with E-state index in [2.05, 4.69) is 53.6 Å². The number of halogens is 1. The number of aromatic hydroxyl groups is 1. The summed E-state index contributed by atoms with van der Waals surface area (Å²) in [4.78, 5) is 8.29. The maximum atomic E-state index is 14.3. The Morgan fingerprint density at radius 2 is 1.86 bits per heavy atom. The van der Waals surface area contributed by atoms with Gasteiger partial charge in [-0.3, -0.25) is 0 Å². The molecule has 1 aromatic carbocycles. The number of phenolic OH excluding ortho intramolecular Hbond substituents is 1. The van der Waals surface area contributed by atoms with Gasteiger partial charge in [-0.05, 0) is 40.5 Å². The second-order valence-electron chi connectivity index (χ2n) is 8.58. The second kappa shape index (κ2) is 7.43. The van der Waals surface area contributed by atoms with Gasteiger partial charge in [-0.2, -0.15) is 4.98 Å². The van der Waals surface area contributed by atoms with Gasteiger partial charge in [0, 0.05) is 41.0 Å². The van der Waals surface area contributed by atoms with Crippen LogP contribution in [0.5, 0.6) is 11.5 Å². The van der Waals surface area contributed by atoms with E-state index < -0.39 is 5.82 Å². The first kappa shape index (κ1) is 20.1. The summed E-state index contributed by atoms with van der Waals surface area (Å²) >= 11 is 0. The van der Waals surface area contributed by atoms with Crippen LogP contribution in [0.4, 0.5) is 21.8 Å². The van der Waals surface area contributed by atoms with Crippen molar-refractivity contribution in [3.63, 3.8) is 0 Å². The lowest BCUT2D eigenvalue weighted by molar-refractivity contribution is 0.170. The van der Waals surface area contributed by atoms with Crippen LogP contribution in [-0.4, -0.2) is 39.3 Å². The molecule has 8 heteroatoms. The minimum atomic E-state index is -0.506. The fourth-order valence-corrected chi connectivity index (χ4v) is 4.05. The molecule has 0 atom stereocenters. The smallest absolute Gasteiger partial charge is 0.229 e. The number of nitrogens with one attached hydrogen (secondary N) is 3. The summed E-state index contributed by atoms with van der Waals surface area (Å²) in [5, 5.41) is 19.6. The van der Waals surface area contributed by atoms with Crippen molar-refractivity contribution in [3.8, 4) is 11.5 Å². The zero-order valence-electron chi connectivity index (χ0n) is 16.9. The summed E-state index contributed by atoms with van der Waals surface area (Å²) in [7, 11) is 1.51. The van der Waals surface area contributed by atoms with Crippen molar-refractivity contribution >= 4 is 17.5 Å². The monoisotopic (exact) mass is 389 g/mol. The van der Waals surface area contributed by atoms with Gasteiger partial charge in [-0.15, -0.1) is 0 Å². The molecule has 0 radical (unpaired) electrons. The number of ether oxygens (including phenoxy) is 1. The molecular weight excluding hydrogens is 361 g/mol. The molecule has 2 aromatic rings. The van der Waals surface area contributed by atoms with E-state index in [4.69, 9.17) is 4.74 Å². The lowest BCUT2D eigenvalue weighted by Gasteiger charge is -2.46. The standard InChI is InChI=1S/C20H28FN5O2/c1-19(2)9-13(10-20(3,4)26-19)23-17-16(21)11-22-18(25-17)24-12-6-14(27)8-15(7-12)28-5/h6-8,11,13,26-27H,9-10H2,1-5H3,(H2,22,23,24,25). The van der Waals surface area contributed by atoms with Crippen LogP contribution in [0.25, 0.3) is 0 Å². The van der Waals surface area contributed by atoms with Crippen molar-refractivity contribution in [2.75, 3.05) is 17.7 Å². The van der Waals surface area contributed by atoms with Crippen molar-refractivity contribution < 1.29 is 14.2 Å².